The maximum Gasteiger partial charge on any atom is 0.350 e. The number of urea groups is 1. The number of aryl methyl sites for hydroxylation is 1. The first kappa shape index (κ1) is 21.0. The number of carbonyl (C=O) groups excluding carboxylic acids is 1. The van der Waals surface area contributed by atoms with Crippen LogP contribution in [0.15, 0.2) is 9.59 Å². The third-order valence-electron chi connectivity index (χ3n) is 6.00. The molecule has 0 bridgehead atoms. The number of nitrogens with two attached hydrogens (primary N) is 3. The molecule has 0 radical (unpaired) electrons. The van der Waals surface area contributed by atoms with Crippen molar-refractivity contribution in [1.29, 1.82) is 0 Å². The number of pyridine rings is 1. The van der Waals surface area contributed by atoms with Gasteiger partial charge in [0.05, 0.1) is 11.2 Å². The predicted molar refractivity (Wildman–Crippen MR) is 110 cm³/mol. The van der Waals surface area contributed by atoms with Crippen molar-refractivity contribution < 1.29 is 13.6 Å². The van der Waals surface area contributed by atoms with Crippen molar-refractivity contribution in [2.45, 2.75) is 38.0 Å². The van der Waals surface area contributed by atoms with E-state index in [1.807, 2.05) is 0 Å². The van der Waals surface area contributed by atoms with E-state index in [0.717, 1.165) is 12.8 Å². The lowest BCUT2D eigenvalue weighted by atomic mass is 9.98. The summed E-state index contributed by atoms with van der Waals surface area (Å²) in [6.45, 7) is 1.45. The molecule has 168 valence electrons. The number of fused-ring (bicyclic) bond motifs is 1. The molecule has 4 rings (SSSR count). The Hall–Kier alpha value is -3.22. The summed E-state index contributed by atoms with van der Waals surface area (Å²) in [7, 11) is 0. The lowest BCUT2D eigenvalue weighted by Gasteiger charge is -2.24. The molecule has 3 atom stereocenters. The summed E-state index contributed by atoms with van der Waals surface area (Å²) in [5, 5.41) is 2.34. The van der Waals surface area contributed by atoms with Crippen LogP contribution in [-0.2, 0) is 0 Å². The van der Waals surface area contributed by atoms with Crippen molar-refractivity contribution in [2.75, 3.05) is 30.4 Å². The zero-order valence-electron chi connectivity index (χ0n) is 16.8. The van der Waals surface area contributed by atoms with Gasteiger partial charge in [0.2, 0.25) is 5.95 Å². The van der Waals surface area contributed by atoms with Crippen LogP contribution in [0, 0.1) is 18.8 Å². The number of nitrogens with one attached hydrogen (secondary N) is 1. The number of halogens is 2. The molecule has 2 fully saturated rings. The molecule has 13 heteroatoms. The van der Waals surface area contributed by atoms with Crippen LogP contribution in [0.5, 0.6) is 0 Å². The quantitative estimate of drug-likeness (QED) is 0.337. The highest BCUT2D eigenvalue weighted by Gasteiger charge is 2.39. The van der Waals surface area contributed by atoms with Gasteiger partial charge in [0.15, 0.2) is 5.52 Å². The summed E-state index contributed by atoms with van der Waals surface area (Å²) in [4.78, 5) is 41.2. The van der Waals surface area contributed by atoms with E-state index >= 15 is 4.39 Å². The number of amides is 2. The Labute approximate surface area is 174 Å². The predicted octanol–water partition coefficient (Wildman–Crippen LogP) is -1.18. The SMILES string of the molecule is Cc1c(N2CC(F)C(C(N)CNC(N)=O)C2)c(F)nc2c(=O)n(N)c(=O)n(C3CC3)c12. The normalized spacial score (nSPS) is 22.1. The monoisotopic (exact) mass is 438 g/mol. The van der Waals surface area contributed by atoms with E-state index in [1.54, 1.807) is 6.92 Å². The van der Waals surface area contributed by atoms with Crippen molar-refractivity contribution in [3.8, 4) is 0 Å². The molecule has 2 aliphatic rings. The van der Waals surface area contributed by atoms with Crippen LogP contribution in [0.25, 0.3) is 11.0 Å². The first-order chi connectivity index (χ1) is 14.6. The minimum atomic E-state index is -1.39. The Bertz CT molecular complexity index is 1180. The van der Waals surface area contributed by atoms with Gasteiger partial charge in [0, 0.05) is 43.2 Å². The molecule has 1 aliphatic carbocycles. The van der Waals surface area contributed by atoms with Crippen LogP contribution >= 0.6 is 0 Å². The number of nitrogen functional groups attached to an aromatic ring is 1. The molecule has 11 nitrogen and oxygen atoms in total. The number of rotatable bonds is 5. The third kappa shape index (κ3) is 3.48. The fraction of sp³-hybridized carbons (Fsp3) is 0.556. The maximum atomic E-state index is 15.0. The fourth-order valence-electron chi connectivity index (χ4n) is 4.29. The van der Waals surface area contributed by atoms with Gasteiger partial charge < -0.3 is 27.5 Å². The highest BCUT2D eigenvalue weighted by atomic mass is 19.1. The van der Waals surface area contributed by atoms with E-state index < -0.39 is 41.4 Å². The van der Waals surface area contributed by atoms with Crippen LogP contribution in [0.4, 0.5) is 19.3 Å². The van der Waals surface area contributed by atoms with E-state index in [9.17, 15) is 18.8 Å². The van der Waals surface area contributed by atoms with Gasteiger partial charge in [-0.1, -0.05) is 0 Å². The van der Waals surface area contributed by atoms with Crippen LogP contribution in [0.3, 0.4) is 0 Å². The van der Waals surface area contributed by atoms with Gasteiger partial charge in [-0.05, 0) is 19.8 Å². The molecule has 0 spiro atoms. The highest BCUT2D eigenvalue weighted by molar-refractivity contribution is 5.83. The standard InChI is InChI=1S/C18H24F2N8O3/c1-7-13-12(16(29)28(23)18(31)27(13)8-2-3-8)25-15(20)14(7)26-5-9(10(19)6-26)11(21)4-24-17(22)30/h8-11H,2-6,21,23H2,1H3,(H3,22,24,30). The number of primary amides is 1. The Morgan fingerprint density at radius 3 is 2.61 bits per heavy atom. The molecule has 2 amide bonds. The number of hydrogen-bond acceptors (Lipinski definition) is 7. The summed E-state index contributed by atoms with van der Waals surface area (Å²) in [6.07, 6.45) is 0.0561. The second-order valence-corrected chi connectivity index (χ2v) is 8.13. The molecule has 2 aromatic rings. The zero-order chi connectivity index (χ0) is 22.6. The number of aromatic nitrogens is 3. The number of anilines is 1. The van der Waals surface area contributed by atoms with Gasteiger partial charge in [0.1, 0.15) is 6.17 Å². The first-order valence-electron chi connectivity index (χ1n) is 9.92. The minimum absolute atomic E-state index is 0.00989. The summed E-state index contributed by atoms with van der Waals surface area (Å²) in [5.41, 5.74) is 9.71. The van der Waals surface area contributed by atoms with Gasteiger partial charge in [0.25, 0.3) is 0 Å². The van der Waals surface area contributed by atoms with E-state index in [4.69, 9.17) is 17.3 Å². The second kappa shape index (κ2) is 7.48. The highest BCUT2D eigenvalue weighted by Crippen LogP contribution is 2.38. The van der Waals surface area contributed by atoms with Crippen LogP contribution in [0.1, 0.15) is 24.4 Å². The molecule has 31 heavy (non-hydrogen) atoms. The van der Waals surface area contributed by atoms with Crippen molar-refractivity contribution in [3.05, 3.63) is 32.3 Å². The van der Waals surface area contributed by atoms with E-state index in [1.165, 1.54) is 9.47 Å². The molecule has 0 aromatic carbocycles. The number of nitrogens with zero attached hydrogens (tertiary/aromatic N) is 4. The lowest BCUT2D eigenvalue weighted by molar-refractivity contribution is 0.235. The average molecular weight is 438 g/mol. The topological polar surface area (TPSA) is 167 Å². The van der Waals surface area contributed by atoms with Crippen LogP contribution < -0.4 is 38.8 Å². The summed E-state index contributed by atoms with van der Waals surface area (Å²) < 4.78 is 31.6. The van der Waals surface area contributed by atoms with Gasteiger partial charge in [-0.15, -0.1) is 0 Å². The summed E-state index contributed by atoms with van der Waals surface area (Å²) >= 11 is 0. The molecule has 1 saturated carbocycles. The van der Waals surface area contributed by atoms with Crippen LogP contribution in [0.2, 0.25) is 0 Å². The number of hydrogen-bond donors (Lipinski definition) is 4. The number of alkyl halides is 1. The zero-order valence-corrected chi connectivity index (χ0v) is 16.8. The molecule has 1 saturated heterocycles. The molecular formula is C18H24F2N8O3. The first-order valence-corrected chi connectivity index (χ1v) is 9.92. The Morgan fingerprint density at radius 2 is 2.00 bits per heavy atom. The molecular weight excluding hydrogens is 414 g/mol. The third-order valence-corrected chi connectivity index (χ3v) is 6.00. The van der Waals surface area contributed by atoms with Gasteiger partial charge in [-0.25, -0.2) is 19.0 Å². The molecule has 3 heterocycles. The van der Waals surface area contributed by atoms with Crippen molar-refractivity contribution in [1.82, 2.24) is 19.5 Å². The summed E-state index contributed by atoms with van der Waals surface area (Å²) in [6, 6.07) is -1.67. The van der Waals surface area contributed by atoms with E-state index in [-0.39, 0.29) is 42.4 Å². The van der Waals surface area contributed by atoms with Crippen LogP contribution in [-0.4, -0.2) is 52.1 Å². The minimum Gasteiger partial charge on any atom is -0.364 e. The van der Waals surface area contributed by atoms with Crippen molar-refractivity contribution in [3.63, 3.8) is 0 Å². The largest absolute Gasteiger partial charge is 0.364 e. The molecule has 3 unspecified atom stereocenters. The van der Waals surface area contributed by atoms with Gasteiger partial charge in [-0.3, -0.25) is 9.36 Å². The fourth-order valence-corrected chi connectivity index (χ4v) is 4.29. The Kier molecular flexibility index (Phi) is 5.07. The lowest BCUT2D eigenvalue weighted by Crippen LogP contribution is -2.46. The average Bonchev–Trinajstić information content (AvgIpc) is 3.47. The maximum absolute atomic E-state index is 15.0. The Balaban J connectivity index is 1.78. The van der Waals surface area contributed by atoms with Gasteiger partial charge >= 0.3 is 17.3 Å². The second-order valence-electron chi connectivity index (χ2n) is 8.13. The molecule has 1 aliphatic heterocycles. The van der Waals surface area contributed by atoms with Crippen molar-refractivity contribution in [2.24, 2.45) is 17.4 Å². The van der Waals surface area contributed by atoms with E-state index in [0.29, 0.717) is 10.2 Å². The van der Waals surface area contributed by atoms with Crippen molar-refractivity contribution >= 4 is 22.8 Å². The van der Waals surface area contributed by atoms with E-state index in [2.05, 4.69) is 10.3 Å². The number of carbonyl (C=O) groups is 1. The molecule has 7 N–H and O–H groups in total. The van der Waals surface area contributed by atoms with Gasteiger partial charge in [-0.2, -0.15) is 9.07 Å². The Morgan fingerprint density at radius 1 is 1.32 bits per heavy atom. The smallest absolute Gasteiger partial charge is 0.350 e. The molecule has 2 aromatic heterocycles. The summed E-state index contributed by atoms with van der Waals surface area (Å²) in [5.74, 6) is 3.94.